The molecule has 0 radical (unpaired) electrons. The highest BCUT2D eigenvalue weighted by Crippen LogP contribution is 2.02. The maximum atomic E-state index is 11.6. The van der Waals surface area contributed by atoms with E-state index in [2.05, 4.69) is 48.7 Å². The topological polar surface area (TPSA) is 41.1 Å². The second kappa shape index (κ2) is 9.56. The van der Waals surface area contributed by atoms with Crippen LogP contribution in [0.2, 0.25) is 0 Å². The zero-order valence-corrected chi connectivity index (χ0v) is 12.2. The van der Waals surface area contributed by atoms with Gasteiger partial charge in [0, 0.05) is 19.5 Å². The average molecular weight is 262 g/mol. The maximum absolute atomic E-state index is 11.6. The van der Waals surface area contributed by atoms with E-state index in [1.165, 1.54) is 24.8 Å². The summed E-state index contributed by atoms with van der Waals surface area (Å²) in [7, 11) is 0. The third-order valence-corrected chi connectivity index (χ3v) is 3.10. The Bertz CT molecular complexity index is 360. The number of unbranched alkanes of at least 4 members (excludes halogenated alkanes) is 2. The fourth-order valence-corrected chi connectivity index (χ4v) is 1.82. The molecule has 106 valence electrons. The Morgan fingerprint density at radius 1 is 1.11 bits per heavy atom. The molecule has 1 amide bonds. The summed E-state index contributed by atoms with van der Waals surface area (Å²) in [6, 6.07) is 8.24. The van der Waals surface area contributed by atoms with Gasteiger partial charge >= 0.3 is 0 Å². The standard InChI is InChI=1S/C16H26N2O/c1-3-4-5-11-17-12-10-16(19)18-13-15-8-6-14(2)7-9-15/h6-9,17H,3-5,10-13H2,1-2H3,(H,18,19). The number of aryl methyl sites for hydroxylation is 1. The molecule has 0 aliphatic heterocycles. The van der Waals surface area contributed by atoms with Crippen LogP contribution in [0, 0.1) is 6.92 Å². The first-order valence-corrected chi connectivity index (χ1v) is 7.25. The quantitative estimate of drug-likeness (QED) is 0.672. The average Bonchev–Trinajstić information content (AvgIpc) is 2.42. The molecule has 0 saturated carbocycles. The van der Waals surface area contributed by atoms with E-state index in [1.54, 1.807) is 0 Å². The first-order valence-electron chi connectivity index (χ1n) is 7.25. The van der Waals surface area contributed by atoms with Crippen molar-refractivity contribution in [2.75, 3.05) is 13.1 Å². The zero-order chi connectivity index (χ0) is 13.9. The fraction of sp³-hybridized carbons (Fsp3) is 0.562. The Labute approximate surface area is 116 Å². The molecule has 3 nitrogen and oxygen atoms in total. The number of carbonyl (C=O) groups excluding carboxylic acids is 1. The molecule has 0 bridgehead atoms. The van der Waals surface area contributed by atoms with Crippen molar-refractivity contribution in [2.24, 2.45) is 0 Å². The van der Waals surface area contributed by atoms with Crippen molar-refractivity contribution < 1.29 is 4.79 Å². The second-order valence-corrected chi connectivity index (χ2v) is 4.97. The summed E-state index contributed by atoms with van der Waals surface area (Å²) in [6.07, 6.45) is 4.24. The monoisotopic (exact) mass is 262 g/mol. The molecular formula is C16H26N2O. The Balaban J connectivity index is 2.06. The van der Waals surface area contributed by atoms with E-state index in [0.29, 0.717) is 13.0 Å². The van der Waals surface area contributed by atoms with Gasteiger partial charge in [-0.05, 0) is 25.5 Å². The Hall–Kier alpha value is -1.35. The fourth-order valence-electron chi connectivity index (χ4n) is 1.82. The van der Waals surface area contributed by atoms with Gasteiger partial charge in [0.25, 0.3) is 0 Å². The number of hydrogen-bond donors (Lipinski definition) is 2. The van der Waals surface area contributed by atoms with Crippen LogP contribution in [0.15, 0.2) is 24.3 Å². The van der Waals surface area contributed by atoms with Crippen LogP contribution in [0.3, 0.4) is 0 Å². The second-order valence-electron chi connectivity index (χ2n) is 4.97. The molecule has 1 aromatic rings. The van der Waals surface area contributed by atoms with Crippen molar-refractivity contribution in [3.63, 3.8) is 0 Å². The zero-order valence-electron chi connectivity index (χ0n) is 12.2. The van der Waals surface area contributed by atoms with Crippen LogP contribution in [0.5, 0.6) is 0 Å². The molecule has 0 aliphatic rings. The molecule has 1 rings (SSSR count). The summed E-state index contributed by atoms with van der Waals surface area (Å²) in [5.74, 6) is 0.114. The van der Waals surface area contributed by atoms with Gasteiger partial charge in [-0.15, -0.1) is 0 Å². The summed E-state index contributed by atoms with van der Waals surface area (Å²) in [4.78, 5) is 11.6. The van der Waals surface area contributed by atoms with Gasteiger partial charge < -0.3 is 10.6 Å². The smallest absolute Gasteiger partial charge is 0.221 e. The van der Waals surface area contributed by atoms with Crippen molar-refractivity contribution in [1.29, 1.82) is 0 Å². The molecule has 3 heteroatoms. The number of amides is 1. The van der Waals surface area contributed by atoms with Crippen LogP contribution in [0.4, 0.5) is 0 Å². The Morgan fingerprint density at radius 2 is 1.84 bits per heavy atom. The van der Waals surface area contributed by atoms with Crippen LogP contribution in [-0.4, -0.2) is 19.0 Å². The van der Waals surface area contributed by atoms with Gasteiger partial charge in [-0.3, -0.25) is 4.79 Å². The molecule has 2 N–H and O–H groups in total. The summed E-state index contributed by atoms with van der Waals surface area (Å²) in [5.41, 5.74) is 2.39. The minimum atomic E-state index is 0.114. The minimum Gasteiger partial charge on any atom is -0.352 e. The lowest BCUT2D eigenvalue weighted by Crippen LogP contribution is -2.27. The van der Waals surface area contributed by atoms with Gasteiger partial charge in [0.1, 0.15) is 0 Å². The normalized spacial score (nSPS) is 10.4. The molecule has 0 heterocycles. The van der Waals surface area contributed by atoms with Crippen LogP contribution in [-0.2, 0) is 11.3 Å². The van der Waals surface area contributed by atoms with E-state index >= 15 is 0 Å². The van der Waals surface area contributed by atoms with E-state index in [0.717, 1.165) is 18.7 Å². The minimum absolute atomic E-state index is 0.114. The molecule has 1 aromatic carbocycles. The van der Waals surface area contributed by atoms with Crippen molar-refractivity contribution >= 4 is 5.91 Å². The molecule has 0 spiro atoms. The van der Waals surface area contributed by atoms with Crippen LogP contribution in [0.1, 0.15) is 43.7 Å². The van der Waals surface area contributed by atoms with Gasteiger partial charge in [-0.2, -0.15) is 0 Å². The van der Waals surface area contributed by atoms with E-state index in [9.17, 15) is 4.79 Å². The van der Waals surface area contributed by atoms with Crippen molar-refractivity contribution in [1.82, 2.24) is 10.6 Å². The van der Waals surface area contributed by atoms with E-state index < -0.39 is 0 Å². The predicted molar refractivity (Wildman–Crippen MR) is 80.0 cm³/mol. The molecule has 0 fully saturated rings. The highest BCUT2D eigenvalue weighted by atomic mass is 16.1. The van der Waals surface area contributed by atoms with Crippen LogP contribution in [0.25, 0.3) is 0 Å². The highest BCUT2D eigenvalue weighted by Gasteiger charge is 2.00. The van der Waals surface area contributed by atoms with Gasteiger partial charge in [0.2, 0.25) is 5.91 Å². The maximum Gasteiger partial charge on any atom is 0.221 e. The molecule has 19 heavy (non-hydrogen) atoms. The number of benzene rings is 1. The van der Waals surface area contributed by atoms with E-state index in [-0.39, 0.29) is 5.91 Å². The SMILES string of the molecule is CCCCCNCCC(=O)NCc1ccc(C)cc1. The van der Waals surface area contributed by atoms with Gasteiger partial charge in [-0.1, -0.05) is 49.6 Å². The summed E-state index contributed by atoms with van der Waals surface area (Å²) < 4.78 is 0. The van der Waals surface area contributed by atoms with Crippen LogP contribution >= 0.6 is 0 Å². The largest absolute Gasteiger partial charge is 0.352 e. The molecule has 0 aliphatic carbocycles. The lowest BCUT2D eigenvalue weighted by atomic mass is 10.1. The third-order valence-electron chi connectivity index (χ3n) is 3.10. The van der Waals surface area contributed by atoms with Crippen LogP contribution < -0.4 is 10.6 Å². The predicted octanol–water partition coefficient (Wildman–Crippen LogP) is 2.78. The van der Waals surface area contributed by atoms with Crippen molar-refractivity contribution in [3.8, 4) is 0 Å². The molecular weight excluding hydrogens is 236 g/mol. The molecule has 0 unspecified atom stereocenters. The number of carbonyl (C=O) groups is 1. The Morgan fingerprint density at radius 3 is 2.53 bits per heavy atom. The number of nitrogens with one attached hydrogen (secondary N) is 2. The lowest BCUT2D eigenvalue weighted by Gasteiger charge is -2.07. The summed E-state index contributed by atoms with van der Waals surface area (Å²) in [5, 5.41) is 6.24. The molecule has 0 atom stereocenters. The van der Waals surface area contributed by atoms with E-state index in [4.69, 9.17) is 0 Å². The Kier molecular flexibility index (Phi) is 7.91. The number of hydrogen-bond acceptors (Lipinski definition) is 2. The van der Waals surface area contributed by atoms with Crippen molar-refractivity contribution in [2.45, 2.75) is 46.1 Å². The first kappa shape index (κ1) is 15.7. The molecule has 0 aromatic heterocycles. The van der Waals surface area contributed by atoms with Gasteiger partial charge in [0.05, 0.1) is 0 Å². The van der Waals surface area contributed by atoms with Gasteiger partial charge in [-0.25, -0.2) is 0 Å². The first-order chi connectivity index (χ1) is 9.22. The summed E-state index contributed by atoms with van der Waals surface area (Å²) in [6.45, 7) is 6.66. The highest BCUT2D eigenvalue weighted by molar-refractivity contribution is 5.76. The summed E-state index contributed by atoms with van der Waals surface area (Å²) >= 11 is 0. The van der Waals surface area contributed by atoms with E-state index in [1.807, 2.05) is 0 Å². The number of rotatable bonds is 9. The lowest BCUT2D eigenvalue weighted by molar-refractivity contribution is -0.121. The van der Waals surface area contributed by atoms with Crippen molar-refractivity contribution in [3.05, 3.63) is 35.4 Å². The van der Waals surface area contributed by atoms with Gasteiger partial charge in [0.15, 0.2) is 0 Å². The molecule has 0 saturated heterocycles. The third kappa shape index (κ3) is 7.62.